The van der Waals surface area contributed by atoms with Crippen molar-refractivity contribution in [3.05, 3.63) is 36.0 Å². The Morgan fingerprint density at radius 2 is 1.96 bits per heavy atom. The van der Waals surface area contributed by atoms with E-state index in [1.165, 1.54) is 5.56 Å². The quantitative estimate of drug-likeness (QED) is 0.494. The molecule has 24 heavy (non-hydrogen) atoms. The molecule has 2 heterocycles. The van der Waals surface area contributed by atoms with Crippen LogP contribution in [0.5, 0.6) is 0 Å². The maximum absolute atomic E-state index is 4.63. The fraction of sp³-hybridized carbons (Fsp3) is 0.556. The average molecular weight is 328 g/mol. The van der Waals surface area contributed by atoms with Crippen molar-refractivity contribution in [3.8, 4) is 0 Å². The summed E-state index contributed by atoms with van der Waals surface area (Å²) in [6.45, 7) is 5.03. The van der Waals surface area contributed by atoms with E-state index in [0.717, 1.165) is 57.3 Å². The maximum atomic E-state index is 4.63. The number of hydrogen-bond acceptors (Lipinski definition) is 4. The number of rotatable bonds is 4. The van der Waals surface area contributed by atoms with Crippen LogP contribution < -0.4 is 15.5 Å². The first-order valence-corrected chi connectivity index (χ1v) is 8.75. The van der Waals surface area contributed by atoms with Gasteiger partial charge in [-0.3, -0.25) is 4.99 Å². The first-order chi connectivity index (χ1) is 11.7. The van der Waals surface area contributed by atoms with Gasteiger partial charge in [-0.15, -0.1) is 0 Å². The third-order valence-electron chi connectivity index (χ3n) is 4.67. The van der Waals surface area contributed by atoms with Crippen LogP contribution >= 0.6 is 0 Å². The van der Waals surface area contributed by atoms with E-state index < -0.39 is 0 Å². The summed E-state index contributed by atoms with van der Waals surface area (Å²) in [5, 5.41) is 6.81. The first kappa shape index (κ1) is 16.8. The van der Waals surface area contributed by atoms with Crippen molar-refractivity contribution < 1.29 is 0 Å². The third-order valence-corrected chi connectivity index (χ3v) is 4.67. The van der Waals surface area contributed by atoms with Gasteiger partial charge in [-0.2, -0.15) is 0 Å². The van der Waals surface area contributed by atoms with Crippen LogP contribution in [-0.2, 0) is 6.54 Å². The Bertz CT molecular complexity index is 564. The number of aliphatic imine (C=N–C) groups is 1. The summed E-state index contributed by atoms with van der Waals surface area (Å²) >= 11 is 0. The summed E-state index contributed by atoms with van der Waals surface area (Å²) in [5.41, 5.74) is 1.17. The highest BCUT2D eigenvalue weighted by Crippen LogP contribution is 2.13. The van der Waals surface area contributed by atoms with Gasteiger partial charge in [-0.25, -0.2) is 4.98 Å². The molecule has 1 aromatic heterocycles. The van der Waals surface area contributed by atoms with E-state index in [-0.39, 0.29) is 0 Å². The lowest BCUT2D eigenvalue weighted by Gasteiger charge is -2.33. The molecule has 1 saturated heterocycles. The van der Waals surface area contributed by atoms with Crippen LogP contribution in [0.1, 0.15) is 18.4 Å². The van der Waals surface area contributed by atoms with Crippen LogP contribution in [0.15, 0.2) is 35.5 Å². The fourth-order valence-electron chi connectivity index (χ4n) is 3.05. The van der Waals surface area contributed by atoms with E-state index in [1.807, 2.05) is 13.2 Å². The van der Waals surface area contributed by atoms with Gasteiger partial charge in [0.15, 0.2) is 5.96 Å². The first-order valence-electron chi connectivity index (χ1n) is 8.75. The Morgan fingerprint density at radius 1 is 1.21 bits per heavy atom. The van der Waals surface area contributed by atoms with Gasteiger partial charge in [-0.05, 0) is 31.5 Å². The van der Waals surface area contributed by atoms with Crippen LogP contribution in [0.3, 0.4) is 0 Å². The molecular formula is C18H28N6. The molecule has 0 amide bonds. The smallest absolute Gasteiger partial charge is 0.191 e. The normalized spacial score (nSPS) is 19.8. The standard InChI is InChI=1S/C18H28N6/c1-19-18(22-16-5-3-4-6-16)21-14-15-7-8-17(20-13-15)24-11-9-23(2)10-12-24/h3-4,7-8,13,16H,5-6,9-12,14H2,1-2H3,(H2,19,21,22). The Kier molecular flexibility index (Phi) is 5.69. The van der Waals surface area contributed by atoms with Crippen LogP contribution in [0, 0.1) is 0 Å². The molecule has 0 aromatic carbocycles. The van der Waals surface area contributed by atoms with Crippen LogP contribution in [0.25, 0.3) is 0 Å². The number of piperazine rings is 1. The highest BCUT2D eigenvalue weighted by molar-refractivity contribution is 5.80. The molecular weight excluding hydrogens is 300 g/mol. The van der Waals surface area contributed by atoms with Crippen molar-refractivity contribution >= 4 is 11.8 Å². The van der Waals surface area contributed by atoms with Gasteiger partial charge < -0.3 is 20.4 Å². The zero-order chi connectivity index (χ0) is 16.8. The van der Waals surface area contributed by atoms with Crippen molar-refractivity contribution in [2.24, 2.45) is 4.99 Å². The molecule has 1 aliphatic heterocycles. The van der Waals surface area contributed by atoms with Crippen LogP contribution in [0.4, 0.5) is 5.82 Å². The van der Waals surface area contributed by atoms with E-state index >= 15 is 0 Å². The predicted octanol–water partition coefficient (Wildman–Crippen LogP) is 1.22. The van der Waals surface area contributed by atoms with Gasteiger partial charge >= 0.3 is 0 Å². The second kappa shape index (κ2) is 8.15. The van der Waals surface area contributed by atoms with Crippen molar-refractivity contribution in [3.63, 3.8) is 0 Å². The number of aromatic nitrogens is 1. The van der Waals surface area contributed by atoms with Crippen LogP contribution in [-0.4, -0.2) is 62.2 Å². The number of anilines is 1. The summed E-state index contributed by atoms with van der Waals surface area (Å²) in [4.78, 5) is 13.6. The van der Waals surface area contributed by atoms with Crippen molar-refractivity contribution in [1.82, 2.24) is 20.5 Å². The van der Waals surface area contributed by atoms with E-state index in [1.54, 1.807) is 0 Å². The summed E-state index contributed by atoms with van der Waals surface area (Å²) in [5.74, 6) is 1.93. The summed E-state index contributed by atoms with van der Waals surface area (Å²) < 4.78 is 0. The molecule has 1 aromatic rings. The van der Waals surface area contributed by atoms with Gasteiger partial charge in [-0.1, -0.05) is 18.2 Å². The van der Waals surface area contributed by atoms with Gasteiger partial charge in [0.1, 0.15) is 5.82 Å². The summed E-state index contributed by atoms with van der Waals surface area (Å²) in [6.07, 6.45) is 8.53. The second-order valence-corrected chi connectivity index (χ2v) is 6.52. The molecule has 3 rings (SSSR count). The Morgan fingerprint density at radius 3 is 2.58 bits per heavy atom. The maximum Gasteiger partial charge on any atom is 0.191 e. The van der Waals surface area contributed by atoms with Gasteiger partial charge in [0.2, 0.25) is 0 Å². The molecule has 130 valence electrons. The molecule has 0 radical (unpaired) electrons. The molecule has 1 aliphatic carbocycles. The van der Waals surface area contributed by atoms with Crippen molar-refractivity contribution in [1.29, 1.82) is 0 Å². The van der Waals surface area contributed by atoms with Gasteiger partial charge in [0.25, 0.3) is 0 Å². The van der Waals surface area contributed by atoms with E-state index in [2.05, 4.69) is 61.7 Å². The number of hydrogen-bond donors (Lipinski definition) is 2. The molecule has 6 nitrogen and oxygen atoms in total. The monoisotopic (exact) mass is 328 g/mol. The highest BCUT2D eigenvalue weighted by atomic mass is 15.3. The average Bonchev–Trinajstić information content (AvgIpc) is 3.13. The summed E-state index contributed by atoms with van der Waals surface area (Å²) in [7, 11) is 3.98. The minimum Gasteiger partial charge on any atom is -0.354 e. The van der Waals surface area contributed by atoms with Gasteiger partial charge in [0.05, 0.1) is 0 Å². The largest absolute Gasteiger partial charge is 0.354 e. The van der Waals surface area contributed by atoms with E-state index in [0.29, 0.717) is 6.04 Å². The number of pyridine rings is 1. The lowest BCUT2D eigenvalue weighted by molar-refractivity contribution is 0.312. The lowest BCUT2D eigenvalue weighted by atomic mass is 10.2. The molecule has 2 aliphatic rings. The van der Waals surface area contributed by atoms with E-state index in [4.69, 9.17) is 0 Å². The molecule has 0 unspecified atom stereocenters. The molecule has 1 fully saturated rings. The van der Waals surface area contributed by atoms with Crippen molar-refractivity contribution in [2.45, 2.75) is 25.4 Å². The lowest BCUT2D eigenvalue weighted by Crippen LogP contribution is -2.44. The Labute approximate surface area is 144 Å². The number of guanidine groups is 1. The second-order valence-electron chi connectivity index (χ2n) is 6.52. The third kappa shape index (κ3) is 4.47. The zero-order valence-corrected chi connectivity index (χ0v) is 14.7. The fourth-order valence-corrected chi connectivity index (χ4v) is 3.05. The molecule has 0 saturated carbocycles. The predicted molar refractivity (Wildman–Crippen MR) is 99.4 cm³/mol. The number of nitrogens with zero attached hydrogens (tertiary/aromatic N) is 4. The molecule has 0 spiro atoms. The Balaban J connectivity index is 1.48. The zero-order valence-electron chi connectivity index (χ0n) is 14.7. The number of likely N-dealkylation sites (N-methyl/N-ethyl adjacent to an activating group) is 1. The topological polar surface area (TPSA) is 55.8 Å². The van der Waals surface area contributed by atoms with Crippen LogP contribution in [0.2, 0.25) is 0 Å². The highest BCUT2D eigenvalue weighted by Gasteiger charge is 2.15. The SMILES string of the molecule is CN=C(NCc1ccc(N2CCN(C)CC2)nc1)NC1CC=CC1. The van der Waals surface area contributed by atoms with Crippen molar-refractivity contribution in [2.75, 3.05) is 45.2 Å². The van der Waals surface area contributed by atoms with Gasteiger partial charge in [0, 0.05) is 52.0 Å². The molecule has 0 atom stereocenters. The number of nitrogens with one attached hydrogen (secondary N) is 2. The molecule has 2 N–H and O–H groups in total. The molecule has 6 heteroatoms. The molecule has 0 bridgehead atoms. The van der Waals surface area contributed by atoms with E-state index in [9.17, 15) is 0 Å². The minimum atomic E-state index is 0.467. The Hall–Kier alpha value is -2.08. The minimum absolute atomic E-state index is 0.467. The summed E-state index contributed by atoms with van der Waals surface area (Å²) in [6, 6.07) is 4.74.